The highest BCUT2D eigenvalue weighted by Crippen LogP contribution is 2.49. The number of nitrogens with two attached hydrogens (primary N) is 1. The Bertz CT molecular complexity index is 535. The molecule has 2 fully saturated rings. The summed E-state index contributed by atoms with van der Waals surface area (Å²) in [7, 11) is 0. The lowest BCUT2D eigenvalue weighted by Gasteiger charge is -2.16. The standard InChI is InChI=1S/C15H18Cl2N2O/c16-13-2-1-10(5-14(13)17)11-6-12(11)15(20)19-4-3-9(7-18)8-19/h1-2,5,9,11-12H,3-4,6-8,18H2/t9-,11-,12+/m0/s1. The number of hydrogen-bond donors (Lipinski definition) is 1. The maximum absolute atomic E-state index is 12.4. The SMILES string of the molecule is NC[C@@H]1CCN(C(=O)[C@@H]2C[C@H]2c2ccc(Cl)c(Cl)c2)C1. The second-order valence-corrected chi connectivity index (χ2v) is 6.61. The van der Waals surface area contributed by atoms with Gasteiger partial charge in [-0.25, -0.2) is 0 Å². The van der Waals surface area contributed by atoms with Crippen LogP contribution in [0.15, 0.2) is 18.2 Å². The van der Waals surface area contributed by atoms with Crippen LogP contribution in [0, 0.1) is 11.8 Å². The molecule has 1 heterocycles. The zero-order valence-electron chi connectivity index (χ0n) is 11.2. The molecular formula is C15H18Cl2N2O. The van der Waals surface area contributed by atoms with Gasteiger partial charge in [0, 0.05) is 19.0 Å². The van der Waals surface area contributed by atoms with Crippen molar-refractivity contribution in [1.29, 1.82) is 0 Å². The van der Waals surface area contributed by atoms with E-state index in [0.717, 1.165) is 31.5 Å². The molecular weight excluding hydrogens is 295 g/mol. The van der Waals surface area contributed by atoms with Gasteiger partial charge >= 0.3 is 0 Å². The monoisotopic (exact) mass is 312 g/mol. The Labute approximate surface area is 129 Å². The van der Waals surface area contributed by atoms with Crippen molar-refractivity contribution in [1.82, 2.24) is 4.90 Å². The van der Waals surface area contributed by atoms with Gasteiger partial charge in [0.15, 0.2) is 0 Å². The second-order valence-electron chi connectivity index (χ2n) is 5.80. The lowest BCUT2D eigenvalue weighted by Crippen LogP contribution is -2.31. The van der Waals surface area contributed by atoms with Crippen molar-refractivity contribution in [3.05, 3.63) is 33.8 Å². The number of halogens is 2. The largest absolute Gasteiger partial charge is 0.342 e. The average Bonchev–Trinajstić information content (AvgIpc) is 3.10. The van der Waals surface area contributed by atoms with Crippen molar-refractivity contribution in [3.8, 4) is 0 Å². The van der Waals surface area contributed by atoms with Gasteiger partial charge in [0.05, 0.1) is 10.0 Å². The molecule has 3 nitrogen and oxygen atoms in total. The molecule has 0 aromatic heterocycles. The molecule has 1 saturated carbocycles. The van der Waals surface area contributed by atoms with E-state index in [2.05, 4.69) is 0 Å². The minimum absolute atomic E-state index is 0.115. The van der Waals surface area contributed by atoms with Crippen LogP contribution in [-0.2, 0) is 4.79 Å². The molecule has 3 rings (SSSR count). The summed E-state index contributed by atoms with van der Waals surface area (Å²) in [4.78, 5) is 14.4. The van der Waals surface area contributed by atoms with Crippen LogP contribution in [0.4, 0.5) is 0 Å². The summed E-state index contributed by atoms with van der Waals surface area (Å²) in [6.45, 7) is 2.34. The minimum Gasteiger partial charge on any atom is -0.342 e. The van der Waals surface area contributed by atoms with Crippen LogP contribution in [0.2, 0.25) is 10.0 Å². The lowest BCUT2D eigenvalue weighted by molar-refractivity contribution is -0.131. The van der Waals surface area contributed by atoms with E-state index in [-0.39, 0.29) is 11.8 Å². The topological polar surface area (TPSA) is 46.3 Å². The Morgan fingerprint density at radius 1 is 1.35 bits per heavy atom. The smallest absolute Gasteiger partial charge is 0.226 e. The van der Waals surface area contributed by atoms with Crippen molar-refractivity contribution < 1.29 is 4.79 Å². The summed E-state index contributed by atoms with van der Waals surface area (Å²) in [5.41, 5.74) is 6.79. The molecule has 1 amide bonds. The fourth-order valence-corrected chi connectivity index (χ4v) is 3.35. The number of benzene rings is 1. The molecule has 1 saturated heterocycles. The van der Waals surface area contributed by atoms with Crippen molar-refractivity contribution in [2.75, 3.05) is 19.6 Å². The zero-order valence-corrected chi connectivity index (χ0v) is 12.7. The van der Waals surface area contributed by atoms with Crippen LogP contribution < -0.4 is 5.73 Å². The van der Waals surface area contributed by atoms with E-state index in [4.69, 9.17) is 28.9 Å². The van der Waals surface area contributed by atoms with Crippen molar-refractivity contribution in [3.63, 3.8) is 0 Å². The molecule has 1 aliphatic heterocycles. The summed E-state index contributed by atoms with van der Waals surface area (Å²) < 4.78 is 0. The van der Waals surface area contributed by atoms with E-state index in [9.17, 15) is 4.79 Å². The maximum atomic E-state index is 12.4. The third kappa shape index (κ3) is 2.67. The molecule has 5 heteroatoms. The molecule has 0 radical (unpaired) electrons. The van der Waals surface area contributed by atoms with Gasteiger partial charge in [0.1, 0.15) is 0 Å². The summed E-state index contributed by atoms with van der Waals surface area (Å²) in [5.74, 6) is 1.16. The van der Waals surface area contributed by atoms with Crippen molar-refractivity contribution >= 4 is 29.1 Å². The normalized spacial score (nSPS) is 28.8. The van der Waals surface area contributed by atoms with Gasteiger partial charge < -0.3 is 10.6 Å². The number of likely N-dealkylation sites (tertiary alicyclic amines) is 1. The molecule has 0 spiro atoms. The van der Waals surface area contributed by atoms with E-state index >= 15 is 0 Å². The molecule has 1 aromatic carbocycles. The molecule has 0 bridgehead atoms. The number of rotatable bonds is 3. The lowest BCUT2D eigenvalue weighted by atomic mass is 10.1. The molecule has 1 aliphatic carbocycles. The third-order valence-corrected chi connectivity index (χ3v) is 5.15. The number of hydrogen-bond acceptors (Lipinski definition) is 2. The predicted molar refractivity (Wildman–Crippen MR) is 81.1 cm³/mol. The van der Waals surface area contributed by atoms with E-state index in [1.165, 1.54) is 0 Å². The molecule has 3 atom stereocenters. The van der Waals surface area contributed by atoms with E-state index < -0.39 is 0 Å². The van der Waals surface area contributed by atoms with E-state index in [1.807, 2.05) is 17.0 Å². The molecule has 1 aromatic rings. The first kappa shape index (κ1) is 14.2. The second kappa shape index (κ2) is 5.55. The first-order chi connectivity index (χ1) is 9.60. The quantitative estimate of drug-likeness (QED) is 0.932. The molecule has 108 valence electrons. The molecule has 2 aliphatic rings. The highest BCUT2D eigenvalue weighted by Gasteiger charge is 2.46. The molecule has 20 heavy (non-hydrogen) atoms. The van der Waals surface area contributed by atoms with Gasteiger partial charge in [-0.1, -0.05) is 29.3 Å². The average molecular weight is 313 g/mol. The van der Waals surface area contributed by atoms with Crippen LogP contribution in [0.5, 0.6) is 0 Å². The Balaban J connectivity index is 1.64. The first-order valence-corrected chi connectivity index (χ1v) is 7.79. The van der Waals surface area contributed by atoms with Gasteiger partial charge in [-0.15, -0.1) is 0 Å². The highest BCUT2D eigenvalue weighted by atomic mass is 35.5. The minimum atomic E-state index is 0.115. The summed E-state index contributed by atoms with van der Waals surface area (Å²) >= 11 is 12.0. The van der Waals surface area contributed by atoms with E-state index in [0.29, 0.717) is 28.4 Å². The van der Waals surface area contributed by atoms with Crippen LogP contribution >= 0.6 is 23.2 Å². The van der Waals surface area contributed by atoms with Gasteiger partial charge in [0.25, 0.3) is 0 Å². The Kier molecular flexibility index (Phi) is 3.93. The Hall–Kier alpha value is -0.770. The third-order valence-electron chi connectivity index (χ3n) is 4.41. The molecule has 0 unspecified atom stereocenters. The van der Waals surface area contributed by atoms with Gasteiger partial charge in [-0.2, -0.15) is 0 Å². The zero-order chi connectivity index (χ0) is 14.3. The van der Waals surface area contributed by atoms with E-state index in [1.54, 1.807) is 6.07 Å². The number of amides is 1. The number of carbonyl (C=O) groups is 1. The summed E-state index contributed by atoms with van der Waals surface area (Å²) in [5, 5.41) is 1.12. The van der Waals surface area contributed by atoms with Crippen molar-refractivity contribution in [2.45, 2.75) is 18.8 Å². The van der Waals surface area contributed by atoms with Crippen LogP contribution in [0.1, 0.15) is 24.3 Å². The Morgan fingerprint density at radius 3 is 2.80 bits per heavy atom. The van der Waals surface area contributed by atoms with Crippen molar-refractivity contribution in [2.24, 2.45) is 17.6 Å². The van der Waals surface area contributed by atoms with Crippen LogP contribution in [0.25, 0.3) is 0 Å². The fraction of sp³-hybridized carbons (Fsp3) is 0.533. The first-order valence-electron chi connectivity index (χ1n) is 7.04. The predicted octanol–water partition coefficient (Wildman–Crippen LogP) is 2.90. The summed E-state index contributed by atoms with van der Waals surface area (Å²) in [6, 6.07) is 5.66. The maximum Gasteiger partial charge on any atom is 0.226 e. The molecule has 2 N–H and O–H groups in total. The van der Waals surface area contributed by atoms with Crippen LogP contribution in [0.3, 0.4) is 0 Å². The Morgan fingerprint density at radius 2 is 2.15 bits per heavy atom. The fourth-order valence-electron chi connectivity index (χ4n) is 3.04. The highest BCUT2D eigenvalue weighted by molar-refractivity contribution is 6.42. The number of carbonyl (C=O) groups excluding carboxylic acids is 1. The van der Waals surface area contributed by atoms with Gasteiger partial charge in [-0.3, -0.25) is 4.79 Å². The number of nitrogens with zero attached hydrogens (tertiary/aromatic N) is 1. The summed E-state index contributed by atoms with van der Waals surface area (Å²) in [6.07, 6.45) is 1.95. The van der Waals surface area contributed by atoms with Gasteiger partial charge in [0.2, 0.25) is 5.91 Å². The van der Waals surface area contributed by atoms with Gasteiger partial charge in [-0.05, 0) is 48.9 Å². The van der Waals surface area contributed by atoms with Crippen LogP contribution in [-0.4, -0.2) is 30.4 Å².